The summed E-state index contributed by atoms with van der Waals surface area (Å²) >= 11 is 6.02. The van der Waals surface area contributed by atoms with E-state index in [4.69, 9.17) is 26.8 Å². The minimum Gasteiger partial charge on any atom is -0.454 e. The highest BCUT2D eigenvalue weighted by molar-refractivity contribution is 6.31. The van der Waals surface area contributed by atoms with Gasteiger partial charge in [-0.05, 0) is 11.6 Å². The Morgan fingerprint density at radius 2 is 2.00 bits per heavy atom. The molecule has 15 heavy (non-hydrogen) atoms. The Morgan fingerprint density at radius 1 is 1.40 bits per heavy atom. The summed E-state index contributed by atoms with van der Waals surface area (Å²) in [6.45, 7) is 3.85. The molecular weight excluding hydrogens is 237 g/mol. The van der Waals surface area contributed by atoms with Gasteiger partial charge >= 0.3 is 0 Å². The lowest BCUT2D eigenvalue weighted by Gasteiger charge is -2.09. The molecule has 2 rings (SSSR count). The van der Waals surface area contributed by atoms with E-state index in [9.17, 15) is 0 Å². The van der Waals surface area contributed by atoms with Crippen LogP contribution in [0.5, 0.6) is 11.5 Å². The molecule has 0 aliphatic carbocycles. The molecule has 1 aromatic rings. The summed E-state index contributed by atoms with van der Waals surface area (Å²) in [5.74, 6) is 1.34. The zero-order chi connectivity index (χ0) is 10.1. The molecule has 0 saturated carbocycles. The highest BCUT2D eigenvalue weighted by atomic mass is 35.5. The van der Waals surface area contributed by atoms with Crippen molar-refractivity contribution in [1.82, 2.24) is 0 Å². The fourth-order valence-corrected chi connectivity index (χ4v) is 1.59. The third-order valence-electron chi connectivity index (χ3n) is 2.10. The SMILES string of the molecule is C=C[C@H](N)c1cc2c(cc1Cl)OCO2.Cl. The first-order valence-electron chi connectivity index (χ1n) is 4.19. The van der Waals surface area contributed by atoms with Crippen molar-refractivity contribution in [3.8, 4) is 11.5 Å². The van der Waals surface area contributed by atoms with E-state index >= 15 is 0 Å². The number of fused-ring (bicyclic) bond motifs is 1. The van der Waals surface area contributed by atoms with Crippen LogP contribution in [0.25, 0.3) is 0 Å². The van der Waals surface area contributed by atoms with Crippen LogP contribution >= 0.6 is 24.0 Å². The van der Waals surface area contributed by atoms with Crippen molar-refractivity contribution in [2.45, 2.75) is 6.04 Å². The minimum absolute atomic E-state index is 0. The summed E-state index contributed by atoms with van der Waals surface area (Å²) in [5, 5.41) is 0.571. The number of ether oxygens (including phenoxy) is 2. The molecule has 1 atom stereocenters. The van der Waals surface area contributed by atoms with Gasteiger partial charge in [0.2, 0.25) is 6.79 Å². The molecule has 0 bridgehead atoms. The Bertz CT molecular complexity index is 382. The number of hydrogen-bond donors (Lipinski definition) is 1. The molecule has 0 saturated heterocycles. The van der Waals surface area contributed by atoms with Gasteiger partial charge in [-0.3, -0.25) is 0 Å². The van der Waals surface area contributed by atoms with Crippen molar-refractivity contribution < 1.29 is 9.47 Å². The maximum absolute atomic E-state index is 6.02. The third kappa shape index (κ3) is 2.20. The number of hydrogen-bond acceptors (Lipinski definition) is 3. The highest BCUT2D eigenvalue weighted by Gasteiger charge is 2.18. The largest absolute Gasteiger partial charge is 0.454 e. The lowest BCUT2D eigenvalue weighted by Crippen LogP contribution is -2.06. The van der Waals surface area contributed by atoms with Crippen LogP contribution in [-0.2, 0) is 0 Å². The summed E-state index contributed by atoms with van der Waals surface area (Å²) in [7, 11) is 0. The molecule has 0 radical (unpaired) electrons. The minimum atomic E-state index is -0.281. The Morgan fingerprint density at radius 3 is 2.60 bits per heavy atom. The average molecular weight is 248 g/mol. The fourth-order valence-electron chi connectivity index (χ4n) is 1.32. The first kappa shape index (κ1) is 12.2. The number of halogens is 2. The molecule has 0 aromatic heterocycles. The first-order chi connectivity index (χ1) is 6.72. The molecule has 82 valence electrons. The number of rotatable bonds is 2. The van der Waals surface area contributed by atoms with Crippen LogP contribution in [0.15, 0.2) is 24.8 Å². The molecule has 0 unspecified atom stereocenters. The molecule has 3 nitrogen and oxygen atoms in total. The molecule has 1 aliphatic rings. The van der Waals surface area contributed by atoms with Crippen molar-refractivity contribution in [3.05, 3.63) is 35.4 Å². The second-order valence-electron chi connectivity index (χ2n) is 2.99. The molecule has 1 aromatic carbocycles. The Labute approximate surface area is 99.2 Å². The van der Waals surface area contributed by atoms with Gasteiger partial charge in [-0.15, -0.1) is 19.0 Å². The maximum Gasteiger partial charge on any atom is 0.231 e. The monoisotopic (exact) mass is 247 g/mol. The Hall–Kier alpha value is -0.900. The number of nitrogens with two attached hydrogens (primary N) is 1. The van der Waals surface area contributed by atoms with E-state index < -0.39 is 0 Å². The van der Waals surface area contributed by atoms with Crippen LogP contribution in [0, 0.1) is 0 Å². The zero-order valence-corrected chi connectivity index (χ0v) is 9.48. The second kappa shape index (κ2) is 4.75. The topological polar surface area (TPSA) is 44.5 Å². The standard InChI is InChI=1S/C10H10ClNO2.ClH/c1-2-8(12)6-3-9-10(4-7(6)11)14-5-13-9;/h2-4,8H,1,5,12H2;1H/t8-;/m0./s1. The van der Waals surface area contributed by atoms with Crippen LogP contribution in [0.2, 0.25) is 5.02 Å². The number of benzene rings is 1. The van der Waals surface area contributed by atoms with E-state index in [1.165, 1.54) is 0 Å². The maximum atomic E-state index is 6.02. The lowest BCUT2D eigenvalue weighted by atomic mass is 10.1. The average Bonchev–Trinajstić information content (AvgIpc) is 2.62. The van der Waals surface area contributed by atoms with Crippen molar-refractivity contribution in [2.24, 2.45) is 5.73 Å². The Kier molecular flexibility index (Phi) is 3.85. The molecule has 0 spiro atoms. The zero-order valence-electron chi connectivity index (χ0n) is 7.90. The molecule has 5 heteroatoms. The molecule has 0 amide bonds. The summed E-state index contributed by atoms with van der Waals surface area (Å²) in [6, 6.07) is 3.22. The summed E-state index contributed by atoms with van der Waals surface area (Å²) in [6.07, 6.45) is 1.63. The van der Waals surface area contributed by atoms with Crippen LogP contribution in [-0.4, -0.2) is 6.79 Å². The van der Waals surface area contributed by atoms with Crippen molar-refractivity contribution in [1.29, 1.82) is 0 Å². The van der Waals surface area contributed by atoms with E-state index in [1.807, 2.05) is 0 Å². The third-order valence-corrected chi connectivity index (χ3v) is 2.43. The van der Waals surface area contributed by atoms with Gasteiger partial charge in [0.1, 0.15) is 0 Å². The van der Waals surface area contributed by atoms with Gasteiger partial charge in [-0.1, -0.05) is 17.7 Å². The van der Waals surface area contributed by atoms with Gasteiger partial charge in [0.25, 0.3) is 0 Å². The van der Waals surface area contributed by atoms with Crippen LogP contribution in [0.1, 0.15) is 11.6 Å². The van der Waals surface area contributed by atoms with Gasteiger partial charge in [0.15, 0.2) is 11.5 Å². The van der Waals surface area contributed by atoms with Crippen LogP contribution in [0.3, 0.4) is 0 Å². The fraction of sp³-hybridized carbons (Fsp3) is 0.200. The predicted molar refractivity (Wildman–Crippen MR) is 61.9 cm³/mol. The van der Waals surface area contributed by atoms with E-state index in [-0.39, 0.29) is 25.2 Å². The van der Waals surface area contributed by atoms with E-state index in [1.54, 1.807) is 18.2 Å². The predicted octanol–water partition coefficient (Wildman–Crippen LogP) is 2.68. The molecule has 0 fully saturated rings. The molecule has 1 aliphatic heterocycles. The molecule has 1 heterocycles. The lowest BCUT2D eigenvalue weighted by molar-refractivity contribution is 0.174. The smallest absolute Gasteiger partial charge is 0.231 e. The van der Waals surface area contributed by atoms with Crippen molar-refractivity contribution >= 4 is 24.0 Å². The quantitative estimate of drug-likeness (QED) is 0.818. The van der Waals surface area contributed by atoms with Crippen molar-refractivity contribution in [2.75, 3.05) is 6.79 Å². The summed E-state index contributed by atoms with van der Waals surface area (Å²) in [5.41, 5.74) is 6.59. The molecule has 2 N–H and O–H groups in total. The van der Waals surface area contributed by atoms with E-state index in [0.717, 1.165) is 5.56 Å². The van der Waals surface area contributed by atoms with Gasteiger partial charge < -0.3 is 15.2 Å². The van der Waals surface area contributed by atoms with Gasteiger partial charge in [-0.25, -0.2) is 0 Å². The summed E-state index contributed by atoms with van der Waals surface area (Å²) < 4.78 is 10.4. The summed E-state index contributed by atoms with van der Waals surface area (Å²) in [4.78, 5) is 0. The van der Waals surface area contributed by atoms with Gasteiger partial charge in [0.05, 0.1) is 0 Å². The Balaban J connectivity index is 0.00000112. The van der Waals surface area contributed by atoms with E-state index in [0.29, 0.717) is 16.5 Å². The van der Waals surface area contributed by atoms with Crippen molar-refractivity contribution in [3.63, 3.8) is 0 Å². The van der Waals surface area contributed by atoms with E-state index in [2.05, 4.69) is 6.58 Å². The van der Waals surface area contributed by atoms with Gasteiger partial charge in [0, 0.05) is 17.1 Å². The highest BCUT2D eigenvalue weighted by Crippen LogP contribution is 2.38. The van der Waals surface area contributed by atoms with Crippen LogP contribution in [0.4, 0.5) is 0 Å². The second-order valence-corrected chi connectivity index (χ2v) is 3.40. The molecular formula is C10H11Cl2NO2. The van der Waals surface area contributed by atoms with Gasteiger partial charge in [-0.2, -0.15) is 0 Å². The normalized spacial score (nSPS) is 14.3. The first-order valence-corrected chi connectivity index (χ1v) is 4.57. The van der Waals surface area contributed by atoms with Crippen LogP contribution < -0.4 is 15.2 Å².